The number of H-pyrrole nitrogens is 1. The fourth-order valence-electron chi connectivity index (χ4n) is 4.52. The number of hydrogen-bond donors (Lipinski definition) is 1. The summed E-state index contributed by atoms with van der Waals surface area (Å²) in [7, 11) is 0. The van der Waals surface area contributed by atoms with Crippen molar-refractivity contribution in [2.45, 2.75) is 32.7 Å². The molecule has 8 nitrogen and oxygen atoms in total. The lowest BCUT2D eigenvalue weighted by Gasteiger charge is -2.10. The minimum absolute atomic E-state index is 0.657. The number of benzene rings is 1. The van der Waals surface area contributed by atoms with Crippen LogP contribution in [-0.4, -0.2) is 39.6 Å². The number of aromatic nitrogens is 8. The van der Waals surface area contributed by atoms with E-state index in [0.29, 0.717) is 5.82 Å². The van der Waals surface area contributed by atoms with Gasteiger partial charge in [-0.15, -0.1) is 5.10 Å². The third-order valence-electron chi connectivity index (χ3n) is 6.21. The Kier molecular flexibility index (Phi) is 5.10. The summed E-state index contributed by atoms with van der Waals surface area (Å²) in [5, 5.41) is 14.7. The molecule has 0 amide bonds. The zero-order chi connectivity index (χ0) is 22.9. The minimum Gasteiger partial charge on any atom is -0.322 e. The first-order valence-electron chi connectivity index (χ1n) is 11.5. The highest BCUT2D eigenvalue weighted by atomic mass is 15.5. The van der Waals surface area contributed by atoms with Crippen LogP contribution in [0.2, 0.25) is 0 Å². The number of aryl methyl sites for hydroxylation is 1. The Morgan fingerprint density at radius 3 is 2.74 bits per heavy atom. The molecule has 5 aromatic heterocycles. The van der Waals surface area contributed by atoms with Crippen LogP contribution in [0.25, 0.3) is 39.2 Å². The predicted molar refractivity (Wildman–Crippen MR) is 131 cm³/mol. The van der Waals surface area contributed by atoms with Crippen molar-refractivity contribution in [2.24, 2.45) is 0 Å². The molecule has 0 atom stereocenters. The minimum atomic E-state index is 0.657. The van der Waals surface area contributed by atoms with E-state index in [0.717, 1.165) is 65.0 Å². The molecule has 0 aliphatic heterocycles. The fourth-order valence-corrected chi connectivity index (χ4v) is 4.52. The number of tetrazole rings is 1. The summed E-state index contributed by atoms with van der Waals surface area (Å²) in [6, 6.07) is 18.8. The molecule has 1 N–H and O–H groups in total. The van der Waals surface area contributed by atoms with Crippen LogP contribution in [0.1, 0.15) is 31.2 Å². The zero-order valence-electron chi connectivity index (χ0n) is 18.9. The van der Waals surface area contributed by atoms with E-state index in [1.54, 1.807) is 0 Å². The highest BCUT2D eigenvalue weighted by Gasteiger charge is 2.17. The first-order chi connectivity index (χ1) is 16.8. The molecular weight excluding hydrogens is 424 g/mol. The number of pyridine rings is 2. The van der Waals surface area contributed by atoms with E-state index in [-0.39, 0.29) is 0 Å². The predicted octanol–water partition coefficient (Wildman–Crippen LogP) is 4.92. The second-order valence-corrected chi connectivity index (χ2v) is 8.42. The Morgan fingerprint density at radius 1 is 1.00 bits per heavy atom. The summed E-state index contributed by atoms with van der Waals surface area (Å²) in [4.78, 5) is 9.46. The van der Waals surface area contributed by atoms with Gasteiger partial charge in [-0.2, -0.15) is 0 Å². The summed E-state index contributed by atoms with van der Waals surface area (Å²) in [5.74, 6) is 1.75. The van der Waals surface area contributed by atoms with E-state index >= 15 is 0 Å². The molecule has 0 saturated heterocycles. The fraction of sp³-hybridized carbons (Fsp3) is 0.192. The van der Waals surface area contributed by atoms with E-state index in [1.807, 2.05) is 36.7 Å². The Balaban J connectivity index is 1.37. The SMILES string of the molecule is CCCCc1nc2cccnc2n1Cc1ccc(-c2cn3ccccc3c2-c2nnn[nH]2)cc1. The molecule has 1 aromatic carbocycles. The van der Waals surface area contributed by atoms with Crippen LogP contribution < -0.4 is 0 Å². The molecule has 0 bridgehead atoms. The third-order valence-corrected chi connectivity index (χ3v) is 6.21. The average Bonchev–Trinajstić information content (AvgIpc) is 3.61. The van der Waals surface area contributed by atoms with Gasteiger partial charge in [0, 0.05) is 30.6 Å². The van der Waals surface area contributed by atoms with E-state index in [2.05, 4.69) is 78.0 Å². The van der Waals surface area contributed by atoms with Crippen molar-refractivity contribution in [3.8, 4) is 22.5 Å². The van der Waals surface area contributed by atoms with Crippen molar-refractivity contribution < 1.29 is 0 Å². The van der Waals surface area contributed by atoms with Gasteiger partial charge in [0.15, 0.2) is 11.5 Å². The van der Waals surface area contributed by atoms with Gasteiger partial charge in [0.2, 0.25) is 0 Å². The van der Waals surface area contributed by atoms with Gasteiger partial charge in [-0.3, -0.25) is 0 Å². The number of hydrogen-bond acceptors (Lipinski definition) is 5. The molecule has 5 heterocycles. The smallest absolute Gasteiger partial charge is 0.182 e. The van der Waals surface area contributed by atoms with Crippen LogP contribution >= 0.6 is 0 Å². The maximum absolute atomic E-state index is 4.85. The van der Waals surface area contributed by atoms with E-state index in [4.69, 9.17) is 4.98 Å². The molecule has 0 spiro atoms. The molecule has 0 aliphatic carbocycles. The summed E-state index contributed by atoms with van der Waals surface area (Å²) >= 11 is 0. The van der Waals surface area contributed by atoms with Crippen LogP contribution in [0.15, 0.2) is 73.2 Å². The summed E-state index contributed by atoms with van der Waals surface area (Å²) in [5.41, 5.74) is 7.33. The van der Waals surface area contributed by atoms with Gasteiger partial charge in [0.25, 0.3) is 0 Å². The summed E-state index contributed by atoms with van der Waals surface area (Å²) in [6.07, 6.45) is 9.21. The van der Waals surface area contributed by atoms with Gasteiger partial charge >= 0.3 is 0 Å². The first kappa shape index (κ1) is 20.3. The lowest BCUT2D eigenvalue weighted by atomic mass is 10.0. The second kappa shape index (κ2) is 8.55. The molecule has 168 valence electrons. The van der Waals surface area contributed by atoms with Gasteiger partial charge < -0.3 is 8.97 Å². The molecule has 8 heteroatoms. The van der Waals surface area contributed by atoms with E-state index in [1.165, 1.54) is 5.56 Å². The Hall–Kier alpha value is -4.33. The Bertz CT molecular complexity index is 1560. The maximum atomic E-state index is 4.85. The number of rotatable bonds is 7. The Morgan fingerprint density at radius 2 is 1.91 bits per heavy atom. The lowest BCUT2D eigenvalue weighted by molar-refractivity contribution is 0.686. The molecule has 0 fully saturated rings. The summed E-state index contributed by atoms with van der Waals surface area (Å²) < 4.78 is 4.35. The summed E-state index contributed by atoms with van der Waals surface area (Å²) in [6.45, 7) is 2.95. The Labute approximate surface area is 196 Å². The number of imidazole rings is 1. The standard InChI is InChI=1S/C26H24N8/c1-2-3-9-23-28-21-7-6-14-27-26(21)34(23)16-18-10-12-19(13-11-18)20-17-33-15-5-4-8-22(33)24(20)25-29-31-32-30-25/h4-8,10-15,17H,2-3,9,16H2,1H3,(H,29,30,31,32). The molecular formula is C26H24N8. The molecule has 6 rings (SSSR count). The zero-order valence-corrected chi connectivity index (χ0v) is 18.9. The average molecular weight is 449 g/mol. The normalized spacial score (nSPS) is 11.6. The number of aromatic amines is 1. The third kappa shape index (κ3) is 3.53. The molecule has 34 heavy (non-hydrogen) atoms. The van der Waals surface area contributed by atoms with Gasteiger partial charge in [-0.25, -0.2) is 15.1 Å². The monoisotopic (exact) mass is 448 g/mol. The molecule has 0 aliphatic rings. The van der Waals surface area contributed by atoms with Crippen molar-refractivity contribution in [1.82, 2.24) is 39.6 Å². The van der Waals surface area contributed by atoms with Crippen molar-refractivity contribution in [2.75, 3.05) is 0 Å². The number of nitrogens with one attached hydrogen (secondary N) is 1. The van der Waals surface area contributed by atoms with Gasteiger partial charge in [0.1, 0.15) is 11.3 Å². The van der Waals surface area contributed by atoms with Crippen LogP contribution in [0, 0.1) is 0 Å². The molecule has 0 unspecified atom stereocenters. The van der Waals surface area contributed by atoms with Crippen LogP contribution in [0.3, 0.4) is 0 Å². The first-order valence-corrected chi connectivity index (χ1v) is 11.5. The van der Waals surface area contributed by atoms with Crippen LogP contribution in [-0.2, 0) is 13.0 Å². The van der Waals surface area contributed by atoms with E-state index in [9.17, 15) is 0 Å². The quantitative estimate of drug-likeness (QED) is 0.374. The van der Waals surface area contributed by atoms with Gasteiger partial charge in [-0.1, -0.05) is 43.7 Å². The largest absolute Gasteiger partial charge is 0.322 e. The van der Waals surface area contributed by atoms with Gasteiger partial charge in [0.05, 0.1) is 17.6 Å². The van der Waals surface area contributed by atoms with Crippen molar-refractivity contribution in [1.29, 1.82) is 0 Å². The topological polar surface area (TPSA) is 89.6 Å². The molecule has 0 saturated carbocycles. The van der Waals surface area contributed by atoms with Crippen LogP contribution in [0.5, 0.6) is 0 Å². The second-order valence-electron chi connectivity index (χ2n) is 8.42. The lowest BCUT2D eigenvalue weighted by Crippen LogP contribution is -2.06. The van der Waals surface area contributed by atoms with E-state index < -0.39 is 0 Å². The molecule has 6 aromatic rings. The van der Waals surface area contributed by atoms with Crippen LogP contribution in [0.4, 0.5) is 0 Å². The van der Waals surface area contributed by atoms with Gasteiger partial charge in [-0.05, 0) is 52.2 Å². The molecule has 0 radical (unpaired) electrons. The van der Waals surface area contributed by atoms with Crippen molar-refractivity contribution >= 4 is 16.7 Å². The highest BCUT2D eigenvalue weighted by Crippen LogP contribution is 2.35. The maximum Gasteiger partial charge on any atom is 0.182 e. The number of fused-ring (bicyclic) bond motifs is 2. The van der Waals surface area contributed by atoms with Crippen molar-refractivity contribution in [3.05, 3.63) is 84.6 Å². The highest BCUT2D eigenvalue weighted by molar-refractivity contribution is 5.92. The number of unbranched alkanes of at least 4 members (excludes halogenated alkanes) is 1. The van der Waals surface area contributed by atoms with Crippen molar-refractivity contribution in [3.63, 3.8) is 0 Å². The number of nitrogens with zero attached hydrogens (tertiary/aromatic N) is 7.